The monoisotopic (exact) mass is 306 g/mol. The minimum absolute atomic E-state index is 0.128. The van der Waals surface area contributed by atoms with Crippen LogP contribution in [0.15, 0.2) is 24.3 Å². The number of carbonyl (C=O) groups excluding carboxylic acids is 1. The Labute approximate surface area is 136 Å². The molecule has 23 heavy (non-hydrogen) atoms. The van der Waals surface area contributed by atoms with Crippen LogP contribution in [0.5, 0.6) is 0 Å². The third-order valence-corrected chi connectivity index (χ3v) is 3.65. The number of piperidine rings is 1. The van der Waals surface area contributed by atoms with Crippen molar-refractivity contribution in [3.63, 3.8) is 0 Å². The highest BCUT2D eigenvalue weighted by atomic mass is 16.2. The zero-order valence-electron chi connectivity index (χ0n) is 12.8. The number of benzene rings is 1. The van der Waals surface area contributed by atoms with Crippen LogP contribution < -0.4 is 10.6 Å². The fourth-order valence-corrected chi connectivity index (χ4v) is 2.36. The Hall–Kier alpha value is -2.81. The van der Waals surface area contributed by atoms with Crippen LogP contribution in [0.1, 0.15) is 36.8 Å². The van der Waals surface area contributed by atoms with Crippen LogP contribution in [0, 0.1) is 34.5 Å². The van der Waals surface area contributed by atoms with Crippen molar-refractivity contribution in [1.29, 1.82) is 10.5 Å². The highest BCUT2D eigenvalue weighted by molar-refractivity contribution is 5.82. The van der Waals surface area contributed by atoms with E-state index in [1.165, 1.54) is 0 Å². The summed E-state index contributed by atoms with van der Waals surface area (Å²) in [7, 11) is 0. The lowest BCUT2D eigenvalue weighted by Crippen LogP contribution is -2.49. The lowest BCUT2D eigenvalue weighted by Gasteiger charge is -2.23. The van der Waals surface area contributed by atoms with Gasteiger partial charge in [-0.1, -0.05) is 18.3 Å². The van der Waals surface area contributed by atoms with Crippen LogP contribution >= 0.6 is 0 Å². The van der Waals surface area contributed by atoms with Crippen molar-refractivity contribution in [3.8, 4) is 24.0 Å². The van der Waals surface area contributed by atoms with Gasteiger partial charge in [-0.3, -0.25) is 4.79 Å². The summed E-state index contributed by atoms with van der Waals surface area (Å²) < 4.78 is 0. The van der Waals surface area contributed by atoms with Crippen molar-refractivity contribution in [2.75, 3.05) is 6.54 Å². The molecule has 0 aromatic heterocycles. The number of nitrogens with zero attached hydrogens (tertiary/aromatic N) is 2. The van der Waals surface area contributed by atoms with Crippen molar-refractivity contribution in [2.24, 2.45) is 0 Å². The number of carbonyl (C=O) groups is 1. The van der Waals surface area contributed by atoms with E-state index >= 15 is 0 Å². The summed E-state index contributed by atoms with van der Waals surface area (Å²) >= 11 is 0. The van der Waals surface area contributed by atoms with E-state index in [1.54, 1.807) is 24.3 Å². The Morgan fingerprint density at radius 2 is 2.00 bits per heavy atom. The third kappa shape index (κ3) is 5.15. The average Bonchev–Trinajstić information content (AvgIpc) is 2.62. The van der Waals surface area contributed by atoms with Gasteiger partial charge in [-0.25, -0.2) is 0 Å². The van der Waals surface area contributed by atoms with E-state index in [2.05, 4.69) is 28.5 Å². The van der Waals surface area contributed by atoms with E-state index in [1.807, 2.05) is 6.07 Å². The van der Waals surface area contributed by atoms with E-state index in [9.17, 15) is 4.79 Å². The topological polar surface area (TPSA) is 88.7 Å². The van der Waals surface area contributed by atoms with Gasteiger partial charge >= 0.3 is 0 Å². The van der Waals surface area contributed by atoms with Gasteiger partial charge in [0, 0.05) is 12.0 Å². The standard InChI is InChI=1S/C18H18N4O/c19-12-15-9-7-14(8-10-15)4-3-5-16(13-20)22-18(23)17-6-1-2-11-21-17/h7-10,16-17,21H,1-2,5-6,11H2,(H,22,23)/t16-,17-/m0/s1. The van der Waals surface area contributed by atoms with Crippen molar-refractivity contribution in [2.45, 2.75) is 37.8 Å². The molecule has 5 nitrogen and oxygen atoms in total. The van der Waals surface area contributed by atoms with Crippen LogP contribution in [0.4, 0.5) is 0 Å². The molecule has 1 aliphatic rings. The largest absolute Gasteiger partial charge is 0.338 e. The molecule has 1 fully saturated rings. The number of hydrogen-bond acceptors (Lipinski definition) is 4. The number of nitrogens with one attached hydrogen (secondary N) is 2. The third-order valence-electron chi connectivity index (χ3n) is 3.65. The summed E-state index contributed by atoms with van der Waals surface area (Å²) in [6.07, 6.45) is 3.19. The second kappa shape index (κ2) is 8.59. The molecule has 0 radical (unpaired) electrons. The maximum absolute atomic E-state index is 12.1. The number of nitriles is 2. The van der Waals surface area contributed by atoms with Gasteiger partial charge in [-0.15, -0.1) is 0 Å². The van der Waals surface area contributed by atoms with Crippen molar-refractivity contribution in [1.82, 2.24) is 10.6 Å². The van der Waals surface area contributed by atoms with E-state index in [0.717, 1.165) is 31.4 Å². The van der Waals surface area contributed by atoms with Gasteiger partial charge in [0.1, 0.15) is 6.04 Å². The molecule has 1 heterocycles. The average molecular weight is 306 g/mol. The number of rotatable bonds is 3. The Morgan fingerprint density at radius 3 is 2.61 bits per heavy atom. The zero-order chi connectivity index (χ0) is 16.5. The van der Waals surface area contributed by atoms with Crippen molar-refractivity contribution in [3.05, 3.63) is 35.4 Å². The molecule has 0 unspecified atom stereocenters. The quantitative estimate of drug-likeness (QED) is 0.827. The van der Waals surface area contributed by atoms with Crippen LogP contribution in [0.2, 0.25) is 0 Å². The highest BCUT2D eigenvalue weighted by Gasteiger charge is 2.22. The van der Waals surface area contributed by atoms with Gasteiger partial charge in [-0.2, -0.15) is 10.5 Å². The minimum Gasteiger partial charge on any atom is -0.338 e. The molecule has 0 bridgehead atoms. The molecule has 116 valence electrons. The molecule has 0 aliphatic carbocycles. The smallest absolute Gasteiger partial charge is 0.238 e. The van der Waals surface area contributed by atoms with E-state index in [0.29, 0.717) is 5.56 Å². The predicted octanol–water partition coefficient (Wildman–Crippen LogP) is 1.45. The molecule has 1 saturated heterocycles. The first-order valence-corrected chi connectivity index (χ1v) is 7.65. The molecule has 5 heteroatoms. The van der Waals surface area contributed by atoms with Gasteiger partial charge in [-0.05, 0) is 43.7 Å². The van der Waals surface area contributed by atoms with Crippen LogP contribution in [0.25, 0.3) is 0 Å². The molecular formula is C18H18N4O. The lowest BCUT2D eigenvalue weighted by atomic mass is 10.0. The SMILES string of the molecule is N#Cc1ccc(C#CC[C@@H](C#N)NC(=O)[C@@H]2CCCCN2)cc1. The van der Waals surface area contributed by atoms with Crippen molar-refractivity contribution < 1.29 is 4.79 Å². The molecule has 1 aromatic carbocycles. The number of amides is 1. The molecule has 0 saturated carbocycles. The summed E-state index contributed by atoms with van der Waals surface area (Å²) in [4.78, 5) is 12.1. The first-order valence-electron chi connectivity index (χ1n) is 7.65. The fourth-order valence-electron chi connectivity index (χ4n) is 2.36. The minimum atomic E-state index is -0.614. The first kappa shape index (κ1) is 16.6. The maximum Gasteiger partial charge on any atom is 0.238 e. The van der Waals surface area contributed by atoms with E-state index in [4.69, 9.17) is 10.5 Å². The summed E-state index contributed by atoms with van der Waals surface area (Å²) in [6, 6.07) is 10.2. The Kier molecular flexibility index (Phi) is 6.18. The summed E-state index contributed by atoms with van der Waals surface area (Å²) in [6.45, 7) is 0.841. The molecular weight excluding hydrogens is 288 g/mol. The Bertz CT molecular complexity index is 679. The molecule has 1 aliphatic heterocycles. The second-order valence-corrected chi connectivity index (χ2v) is 5.39. The van der Waals surface area contributed by atoms with Gasteiger partial charge in [0.05, 0.1) is 23.7 Å². The molecule has 1 aromatic rings. The molecule has 2 atom stereocenters. The van der Waals surface area contributed by atoms with Crippen molar-refractivity contribution >= 4 is 5.91 Å². The van der Waals surface area contributed by atoms with Gasteiger partial charge < -0.3 is 10.6 Å². The lowest BCUT2D eigenvalue weighted by molar-refractivity contribution is -0.124. The first-order chi connectivity index (χ1) is 11.2. The van der Waals surface area contributed by atoms with Crippen LogP contribution in [-0.2, 0) is 4.79 Å². The summed E-state index contributed by atoms with van der Waals surface area (Å²) in [5.41, 5.74) is 1.36. The zero-order valence-corrected chi connectivity index (χ0v) is 12.8. The predicted molar refractivity (Wildman–Crippen MR) is 85.8 cm³/mol. The van der Waals surface area contributed by atoms with Gasteiger partial charge in [0.25, 0.3) is 0 Å². The summed E-state index contributed by atoms with van der Waals surface area (Å²) in [5.74, 6) is 5.72. The van der Waals surface area contributed by atoms with E-state index in [-0.39, 0.29) is 18.4 Å². The summed E-state index contributed by atoms with van der Waals surface area (Å²) in [5, 5.41) is 23.8. The normalized spacial score (nSPS) is 17.7. The number of hydrogen-bond donors (Lipinski definition) is 2. The highest BCUT2D eigenvalue weighted by Crippen LogP contribution is 2.07. The molecule has 2 rings (SSSR count). The van der Waals surface area contributed by atoms with Gasteiger partial charge in [0.2, 0.25) is 5.91 Å². The maximum atomic E-state index is 12.1. The molecule has 2 N–H and O–H groups in total. The van der Waals surface area contributed by atoms with E-state index < -0.39 is 6.04 Å². The Balaban J connectivity index is 1.87. The fraction of sp³-hybridized carbons (Fsp3) is 0.389. The van der Waals surface area contributed by atoms with Gasteiger partial charge in [0.15, 0.2) is 0 Å². The molecule has 0 spiro atoms. The molecule has 1 amide bonds. The Morgan fingerprint density at radius 1 is 1.26 bits per heavy atom. The van der Waals surface area contributed by atoms with Crippen LogP contribution in [0.3, 0.4) is 0 Å². The van der Waals surface area contributed by atoms with Crippen LogP contribution in [-0.4, -0.2) is 24.5 Å². The second-order valence-electron chi connectivity index (χ2n) is 5.39.